The standard InChI is InChI=1S/C9H15NO3.C4H10O/c1-3-13-9(12)7-6-10(2)5-4-8(7)11;1-4(2,3)5/h7H,3-6H2,1-2H3;5H,1-3H3. The van der Waals surface area contributed by atoms with Crippen LogP contribution in [0.25, 0.3) is 0 Å². The minimum absolute atomic E-state index is 0.0107. The van der Waals surface area contributed by atoms with Crippen molar-refractivity contribution in [3.05, 3.63) is 0 Å². The highest BCUT2D eigenvalue weighted by atomic mass is 16.5. The van der Waals surface area contributed by atoms with E-state index in [9.17, 15) is 9.59 Å². The van der Waals surface area contributed by atoms with E-state index in [-0.39, 0.29) is 11.8 Å². The van der Waals surface area contributed by atoms with Gasteiger partial charge in [0.1, 0.15) is 11.7 Å². The predicted molar refractivity (Wildman–Crippen MR) is 69.2 cm³/mol. The summed E-state index contributed by atoms with van der Waals surface area (Å²) >= 11 is 0. The molecule has 0 aromatic rings. The Morgan fingerprint density at radius 3 is 2.44 bits per heavy atom. The Morgan fingerprint density at radius 2 is 2.00 bits per heavy atom. The van der Waals surface area contributed by atoms with Gasteiger partial charge in [-0.1, -0.05) is 0 Å². The van der Waals surface area contributed by atoms with Crippen molar-refractivity contribution in [1.82, 2.24) is 4.90 Å². The molecule has 0 saturated carbocycles. The molecule has 5 nitrogen and oxygen atoms in total. The van der Waals surface area contributed by atoms with E-state index >= 15 is 0 Å². The number of piperidine rings is 1. The molecule has 5 heteroatoms. The molecule has 1 aliphatic rings. The molecule has 0 spiro atoms. The van der Waals surface area contributed by atoms with Gasteiger partial charge in [0.25, 0.3) is 0 Å². The molecule has 1 rings (SSSR count). The smallest absolute Gasteiger partial charge is 0.317 e. The summed E-state index contributed by atoms with van der Waals surface area (Å²) < 4.78 is 4.81. The van der Waals surface area contributed by atoms with Crippen LogP contribution in [0.5, 0.6) is 0 Å². The molecule has 1 heterocycles. The normalized spacial score (nSPS) is 21.0. The van der Waals surface area contributed by atoms with Gasteiger partial charge < -0.3 is 14.7 Å². The van der Waals surface area contributed by atoms with Crippen molar-refractivity contribution in [2.75, 3.05) is 26.7 Å². The van der Waals surface area contributed by atoms with E-state index in [1.165, 1.54) is 0 Å². The number of carbonyl (C=O) groups excluding carboxylic acids is 2. The summed E-state index contributed by atoms with van der Waals surface area (Å²) in [7, 11) is 1.90. The van der Waals surface area contributed by atoms with Crippen LogP contribution in [-0.2, 0) is 14.3 Å². The topological polar surface area (TPSA) is 66.8 Å². The molecular weight excluding hydrogens is 234 g/mol. The maximum atomic E-state index is 11.3. The minimum Gasteiger partial charge on any atom is -0.465 e. The van der Waals surface area contributed by atoms with Gasteiger partial charge in [0.05, 0.1) is 12.2 Å². The Labute approximate surface area is 109 Å². The summed E-state index contributed by atoms with van der Waals surface area (Å²) in [5.74, 6) is -0.922. The number of nitrogens with zero attached hydrogens (tertiary/aromatic N) is 1. The quantitative estimate of drug-likeness (QED) is 0.588. The number of rotatable bonds is 2. The molecule has 1 fully saturated rings. The predicted octanol–water partition coefficient (Wildman–Crippen LogP) is 0.847. The second-order valence-corrected chi connectivity index (χ2v) is 5.45. The van der Waals surface area contributed by atoms with Gasteiger partial charge >= 0.3 is 5.97 Å². The van der Waals surface area contributed by atoms with E-state index in [1.54, 1.807) is 27.7 Å². The summed E-state index contributed by atoms with van der Waals surface area (Å²) in [5.41, 5.74) is -0.500. The summed E-state index contributed by atoms with van der Waals surface area (Å²) in [6.07, 6.45) is 0.458. The molecule has 0 aromatic carbocycles. The zero-order valence-corrected chi connectivity index (χ0v) is 12.0. The minimum atomic E-state index is -0.557. The lowest BCUT2D eigenvalue weighted by atomic mass is 9.97. The highest BCUT2D eigenvalue weighted by Crippen LogP contribution is 2.12. The highest BCUT2D eigenvalue weighted by Gasteiger charge is 2.32. The van der Waals surface area contributed by atoms with E-state index in [1.807, 2.05) is 11.9 Å². The SMILES string of the molecule is CC(C)(C)O.CCOC(=O)C1CN(C)CCC1=O. The number of hydrogen-bond donors (Lipinski definition) is 1. The van der Waals surface area contributed by atoms with Gasteiger partial charge in [-0.3, -0.25) is 9.59 Å². The van der Waals surface area contributed by atoms with E-state index in [0.717, 1.165) is 6.54 Å². The lowest BCUT2D eigenvalue weighted by Gasteiger charge is -2.26. The van der Waals surface area contributed by atoms with Crippen molar-refractivity contribution in [3.8, 4) is 0 Å². The maximum Gasteiger partial charge on any atom is 0.317 e. The van der Waals surface area contributed by atoms with Gasteiger partial charge in [-0.15, -0.1) is 0 Å². The molecule has 1 unspecified atom stereocenters. The molecule has 106 valence electrons. The molecule has 1 atom stereocenters. The average molecular weight is 259 g/mol. The monoisotopic (exact) mass is 259 g/mol. The fourth-order valence-electron chi connectivity index (χ4n) is 1.43. The van der Waals surface area contributed by atoms with Gasteiger partial charge in [0.15, 0.2) is 0 Å². The first kappa shape index (κ1) is 17.1. The van der Waals surface area contributed by atoms with E-state index in [4.69, 9.17) is 9.84 Å². The van der Waals surface area contributed by atoms with Crippen LogP contribution in [-0.4, -0.2) is 54.1 Å². The Bertz CT molecular complexity index is 277. The fourth-order valence-corrected chi connectivity index (χ4v) is 1.43. The number of esters is 1. The first-order chi connectivity index (χ1) is 8.15. The van der Waals surface area contributed by atoms with E-state index in [2.05, 4.69) is 0 Å². The van der Waals surface area contributed by atoms with Crippen LogP contribution in [0.3, 0.4) is 0 Å². The Morgan fingerprint density at radius 1 is 1.50 bits per heavy atom. The third-order valence-corrected chi connectivity index (χ3v) is 2.19. The van der Waals surface area contributed by atoms with Gasteiger partial charge in [0, 0.05) is 19.5 Å². The molecule has 18 heavy (non-hydrogen) atoms. The summed E-state index contributed by atoms with van der Waals surface area (Å²) in [5, 5.41) is 8.52. The fraction of sp³-hybridized carbons (Fsp3) is 0.846. The van der Waals surface area contributed by atoms with Crippen LogP contribution in [0.15, 0.2) is 0 Å². The van der Waals surface area contributed by atoms with Crippen LogP contribution in [0.2, 0.25) is 0 Å². The summed E-state index contributed by atoms with van der Waals surface area (Å²) in [6, 6.07) is 0. The van der Waals surface area contributed by atoms with E-state index < -0.39 is 11.5 Å². The molecule has 0 aromatic heterocycles. The molecule has 0 radical (unpaired) electrons. The molecule has 1 saturated heterocycles. The number of hydrogen-bond acceptors (Lipinski definition) is 5. The lowest BCUT2D eigenvalue weighted by Crippen LogP contribution is -2.42. The number of ether oxygens (including phenoxy) is 1. The van der Waals surface area contributed by atoms with Gasteiger partial charge in [-0.25, -0.2) is 0 Å². The molecule has 0 amide bonds. The number of carbonyl (C=O) groups is 2. The Hall–Kier alpha value is -0.940. The Balaban J connectivity index is 0.000000494. The molecular formula is C13H25NO4. The van der Waals surface area contributed by atoms with Crippen LogP contribution in [0, 0.1) is 5.92 Å². The second-order valence-electron chi connectivity index (χ2n) is 5.45. The first-order valence-corrected chi connectivity index (χ1v) is 6.25. The van der Waals surface area contributed by atoms with Crippen molar-refractivity contribution >= 4 is 11.8 Å². The largest absolute Gasteiger partial charge is 0.465 e. The highest BCUT2D eigenvalue weighted by molar-refractivity contribution is 5.99. The van der Waals surface area contributed by atoms with Crippen LogP contribution in [0.1, 0.15) is 34.1 Å². The third kappa shape index (κ3) is 8.20. The lowest BCUT2D eigenvalue weighted by molar-refractivity contribution is -0.153. The number of likely N-dealkylation sites (tertiary alicyclic amines) is 1. The number of Topliss-reactive ketones (excluding diaryl/α,β-unsaturated/α-hetero) is 1. The van der Waals surface area contributed by atoms with E-state index in [0.29, 0.717) is 19.6 Å². The molecule has 0 bridgehead atoms. The Kier molecular flexibility index (Phi) is 7.09. The number of ketones is 1. The molecule has 1 aliphatic heterocycles. The average Bonchev–Trinajstić information content (AvgIpc) is 2.19. The number of aliphatic hydroxyl groups is 1. The van der Waals surface area contributed by atoms with Gasteiger partial charge in [0.2, 0.25) is 0 Å². The zero-order chi connectivity index (χ0) is 14.3. The molecule has 1 N–H and O–H groups in total. The van der Waals surface area contributed by atoms with Crippen LogP contribution in [0.4, 0.5) is 0 Å². The van der Waals surface area contributed by atoms with Crippen molar-refractivity contribution < 1.29 is 19.4 Å². The van der Waals surface area contributed by atoms with Crippen molar-refractivity contribution in [2.45, 2.75) is 39.7 Å². The van der Waals surface area contributed by atoms with Crippen LogP contribution < -0.4 is 0 Å². The first-order valence-electron chi connectivity index (χ1n) is 6.25. The summed E-state index contributed by atoms with van der Waals surface area (Å²) in [4.78, 5) is 24.6. The van der Waals surface area contributed by atoms with Gasteiger partial charge in [-0.05, 0) is 34.7 Å². The van der Waals surface area contributed by atoms with Crippen molar-refractivity contribution in [1.29, 1.82) is 0 Å². The summed E-state index contributed by atoms with van der Waals surface area (Å²) in [6.45, 7) is 8.56. The molecule has 0 aliphatic carbocycles. The van der Waals surface area contributed by atoms with Gasteiger partial charge in [-0.2, -0.15) is 0 Å². The van der Waals surface area contributed by atoms with Crippen molar-refractivity contribution in [2.24, 2.45) is 5.92 Å². The maximum absolute atomic E-state index is 11.3. The van der Waals surface area contributed by atoms with Crippen molar-refractivity contribution in [3.63, 3.8) is 0 Å². The van der Waals surface area contributed by atoms with Crippen LogP contribution >= 0.6 is 0 Å². The second kappa shape index (κ2) is 7.48. The zero-order valence-electron chi connectivity index (χ0n) is 12.0. The third-order valence-electron chi connectivity index (χ3n) is 2.19.